The fourth-order valence-corrected chi connectivity index (χ4v) is 1.17. The number of carbonyl (C=O) groups excluding carboxylic acids is 2. The summed E-state index contributed by atoms with van der Waals surface area (Å²) in [4.78, 5) is 21.8. The van der Waals surface area contributed by atoms with Crippen LogP contribution in [0.15, 0.2) is 0 Å². The van der Waals surface area contributed by atoms with Gasteiger partial charge in [-0.1, -0.05) is 13.8 Å². The number of hydrazine groups is 1. The van der Waals surface area contributed by atoms with Gasteiger partial charge in [-0.05, 0) is 5.92 Å². The molecule has 1 atom stereocenters. The molecule has 6 nitrogen and oxygen atoms in total. The van der Waals surface area contributed by atoms with Crippen LogP contribution in [-0.2, 0) is 4.79 Å². The van der Waals surface area contributed by atoms with E-state index in [4.69, 9.17) is 5.84 Å². The normalized spacial score (nSPS) is 22.4. The Labute approximate surface area is 76.4 Å². The molecule has 74 valence electrons. The SMILES string of the molecule is CC(C)CN(N)C1NC(=O)NC1=O. The molecule has 0 aliphatic carbocycles. The monoisotopic (exact) mass is 186 g/mol. The number of imide groups is 1. The first-order valence-corrected chi connectivity index (χ1v) is 4.13. The van der Waals surface area contributed by atoms with Gasteiger partial charge in [-0.25, -0.2) is 9.80 Å². The number of rotatable bonds is 3. The molecule has 6 heteroatoms. The van der Waals surface area contributed by atoms with E-state index in [1.807, 2.05) is 13.8 Å². The molecule has 1 heterocycles. The summed E-state index contributed by atoms with van der Waals surface area (Å²) in [5, 5.41) is 5.84. The molecule has 13 heavy (non-hydrogen) atoms. The van der Waals surface area contributed by atoms with Crippen molar-refractivity contribution in [3.05, 3.63) is 0 Å². The van der Waals surface area contributed by atoms with Crippen molar-refractivity contribution in [2.45, 2.75) is 20.0 Å². The van der Waals surface area contributed by atoms with Gasteiger partial charge in [-0.2, -0.15) is 0 Å². The third-order valence-corrected chi connectivity index (χ3v) is 1.66. The molecule has 0 radical (unpaired) electrons. The molecule has 0 saturated carbocycles. The Kier molecular flexibility index (Phi) is 2.84. The van der Waals surface area contributed by atoms with Crippen molar-refractivity contribution in [1.29, 1.82) is 0 Å². The standard InChI is InChI=1S/C7H14N4O2/c1-4(2)3-11(8)5-6(12)10-7(13)9-5/h4-5H,3,8H2,1-2H3,(H2,9,10,12,13). The fraction of sp³-hybridized carbons (Fsp3) is 0.714. The molecular formula is C7H14N4O2. The van der Waals surface area contributed by atoms with Crippen molar-refractivity contribution >= 4 is 11.9 Å². The molecule has 0 bridgehead atoms. The molecule has 1 rings (SSSR count). The second-order valence-electron chi connectivity index (χ2n) is 3.46. The van der Waals surface area contributed by atoms with E-state index < -0.39 is 18.1 Å². The number of hydrogen-bond acceptors (Lipinski definition) is 4. The Morgan fingerprint density at radius 3 is 2.54 bits per heavy atom. The zero-order valence-corrected chi connectivity index (χ0v) is 7.70. The van der Waals surface area contributed by atoms with E-state index in [9.17, 15) is 9.59 Å². The topological polar surface area (TPSA) is 87.5 Å². The Morgan fingerprint density at radius 1 is 1.54 bits per heavy atom. The third kappa shape index (κ3) is 2.40. The molecule has 3 amide bonds. The zero-order chi connectivity index (χ0) is 10.0. The summed E-state index contributed by atoms with van der Waals surface area (Å²) in [5.41, 5.74) is 0. The lowest BCUT2D eigenvalue weighted by Gasteiger charge is -2.22. The van der Waals surface area contributed by atoms with Crippen molar-refractivity contribution < 1.29 is 9.59 Å². The number of hydrogen-bond donors (Lipinski definition) is 3. The molecule has 1 aliphatic rings. The number of amides is 3. The van der Waals surface area contributed by atoms with Gasteiger partial charge in [0.1, 0.15) is 0 Å². The van der Waals surface area contributed by atoms with Crippen molar-refractivity contribution in [1.82, 2.24) is 15.6 Å². The van der Waals surface area contributed by atoms with Crippen LogP contribution in [0.5, 0.6) is 0 Å². The summed E-state index contributed by atoms with van der Waals surface area (Å²) >= 11 is 0. The predicted octanol–water partition coefficient (Wildman–Crippen LogP) is -1.02. The molecule has 1 saturated heterocycles. The maximum absolute atomic E-state index is 11.1. The Hall–Kier alpha value is -1.14. The number of carbonyl (C=O) groups is 2. The van der Waals surface area contributed by atoms with Crippen molar-refractivity contribution in [2.24, 2.45) is 11.8 Å². The summed E-state index contributed by atoms with van der Waals surface area (Å²) in [6, 6.07) is -0.491. The van der Waals surface area contributed by atoms with Crippen LogP contribution in [0, 0.1) is 5.92 Å². The molecule has 0 aromatic rings. The summed E-state index contributed by atoms with van der Waals surface area (Å²) < 4.78 is 0. The molecule has 1 aliphatic heterocycles. The molecule has 1 fully saturated rings. The average Bonchev–Trinajstić information content (AvgIpc) is 2.28. The predicted molar refractivity (Wildman–Crippen MR) is 46.2 cm³/mol. The van der Waals surface area contributed by atoms with Gasteiger partial charge in [0.15, 0.2) is 6.17 Å². The van der Waals surface area contributed by atoms with Crippen molar-refractivity contribution in [3.63, 3.8) is 0 Å². The quantitative estimate of drug-likeness (QED) is 0.299. The largest absolute Gasteiger partial charge is 0.323 e. The van der Waals surface area contributed by atoms with Crippen LogP contribution in [0.2, 0.25) is 0 Å². The smallest absolute Gasteiger partial charge is 0.313 e. The van der Waals surface area contributed by atoms with Crippen LogP contribution in [0.1, 0.15) is 13.8 Å². The second-order valence-corrected chi connectivity index (χ2v) is 3.46. The summed E-state index contributed by atoms with van der Waals surface area (Å²) in [7, 11) is 0. The van der Waals surface area contributed by atoms with E-state index >= 15 is 0 Å². The first-order chi connectivity index (χ1) is 6.00. The van der Waals surface area contributed by atoms with E-state index in [0.29, 0.717) is 12.5 Å². The Morgan fingerprint density at radius 2 is 2.15 bits per heavy atom. The van der Waals surface area contributed by atoms with E-state index in [2.05, 4.69) is 10.6 Å². The van der Waals surface area contributed by atoms with E-state index in [-0.39, 0.29) is 0 Å². The minimum Gasteiger partial charge on any atom is -0.313 e. The summed E-state index contributed by atoms with van der Waals surface area (Å²) in [5.74, 6) is 5.54. The third-order valence-electron chi connectivity index (χ3n) is 1.66. The van der Waals surface area contributed by atoms with Gasteiger partial charge < -0.3 is 5.32 Å². The first kappa shape index (κ1) is 9.94. The van der Waals surface area contributed by atoms with Gasteiger partial charge in [0.05, 0.1) is 0 Å². The van der Waals surface area contributed by atoms with Gasteiger partial charge in [-0.15, -0.1) is 0 Å². The van der Waals surface area contributed by atoms with Crippen LogP contribution in [0.25, 0.3) is 0 Å². The summed E-state index contributed by atoms with van der Waals surface area (Å²) in [6.07, 6.45) is -0.727. The lowest BCUT2D eigenvalue weighted by molar-refractivity contribution is -0.124. The maximum Gasteiger partial charge on any atom is 0.323 e. The molecule has 4 N–H and O–H groups in total. The van der Waals surface area contributed by atoms with Crippen LogP contribution < -0.4 is 16.5 Å². The Balaban J connectivity index is 2.52. The van der Waals surface area contributed by atoms with E-state index in [1.54, 1.807) is 0 Å². The summed E-state index contributed by atoms with van der Waals surface area (Å²) in [6.45, 7) is 4.52. The highest BCUT2D eigenvalue weighted by molar-refractivity contribution is 6.03. The lowest BCUT2D eigenvalue weighted by Crippen LogP contribution is -2.52. The highest BCUT2D eigenvalue weighted by Crippen LogP contribution is 2.00. The molecule has 0 aromatic heterocycles. The van der Waals surface area contributed by atoms with Crippen molar-refractivity contribution in [2.75, 3.05) is 6.54 Å². The van der Waals surface area contributed by atoms with Gasteiger partial charge in [0, 0.05) is 6.54 Å². The fourth-order valence-electron chi connectivity index (χ4n) is 1.17. The van der Waals surface area contributed by atoms with Crippen molar-refractivity contribution in [3.8, 4) is 0 Å². The van der Waals surface area contributed by atoms with Gasteiger partial charge in [-0.3, -0.25) is 16.0 Å². The molecular weight excluding hydrogens is 172 g/mol. The average molecular weight is 186 g/mol. The minimum absolute atomic E-state index is 0.343. The van der Waals surface area contributed by atoms with Gasteiger partial charge >= 0.3 is 6.03 Å². The Bertz CT molecular complexity index is 229. The number of nitrogens with two attached hydrogens (primary N) is 1. The highest BCUT2D eigenvalue weighted by Gasteiger charge is 2.33. The van der Waals surface area contributed by atoms with Gasteiger partial charge in [0.2, 0.25) is 0 Å². The van der Waals surface area contributed by atoms with Crippen LogP contribution in [-0.4, -0.2) is 29.7 Å². The molecule has 1 unspecified atom stereocenters. The molecule has 0 spiro atoms. The number of nitrogens with zero attached hydrogens (tertiary/aromatic N) is 1. The minimum atomic E-state index is -0.727. The van der Waals surface area contributed by atoms with Crippen LogP contribution in [0.4, 0.5) is 4.79 Å². The van der Waals surface area contributed by atoms with Crippen LogP contribution >= 0.6 is 0 Å². The lowest BCUT2D eigenvalue weighted by atomic mass is 10.2. The van der Waals surface area contributed by atoms with Gasteiger partial charge in [0.25, 0.3) is 5.91 Å². The highest BCUT2D eigenvalue weighted by atomic mass is 16.2. The second kappa shape index (κ2) is 3.71. The molecule has 0 aromatic carbocycles. The van der Waals surface area contributed by atoms with E-state index in [1.165, 1.54) is 5.01 Å². The number of urea groups is 1. The van der Waals surface area contributed by atoms with Crippen LogP contribution in [0.3, 0.4) is 0 Å². The number of nitrogens with one attached hydrogen (secondary N) is 2. The maximum atomic E-state index is 11.1. The van der Waals surface area contributed by atoms with E-state index in [0.717, 1.165) is 0 Å². The first-order valence-electron chi connectivity index (χ1n) is 4.13. The zero-order valence-electron chi connectivity index (χ0n) is 7.70.